The van der Waals surface area contributed by atoms with E-state index >= 15 is 0 Å². The van der Waals surface area contributed by atoms with Gasteiger partial charge in [0.15, 0.2) is 12.1 Å². The van der Waals surface area contributed by atoms with Crippen LogP contribution in [0.5, 0.6) is 0 Å². The van der Waals surface area contributed by atoms with Gasteiger partial charge >= 0.3 is 5.97 Å². The molecule has 0 spiro atoms. The van der Waals surface area contributed by atoms with Gasteiger partial charge in [0.2, 0.25) is 0 Å². The maximum Gasteiger partial charge on any atom is 0.319 e. The van der Waals surface area contributed by atoms with Crippen LogP contribution in [0.1, 0.15) is 80.1 Å². The minimum atomic E-state index is -1.36. The van der Waals surface area contributed by atoms with Crippen LogP contribution in [0.25, 0.3) is 0 Å². The summed E-state index contributed by atoms with van der Waals surface area (Å²) in [5.41, 5.74) is -2.01. The Labute approximate surface area is 272 Å². The number of cyclic esters (lactones) is 1. The summed E-state index contributed by atoms with van der Waals surface area (Å²) in [6, 6.07) is 0.531. The lowest BCUT2D eigenvalue weighted by Crippen LogP contribution is -2.62. The van der Waals surface area contributed by atoms with E-state index < -0.39 is 41.3 Å². The highest BCUT2D eigenvalue weighted by Crippen LogP contribution is 2.40. The molecule has 2 aliphatic carbocycles. The first-order chi connectivity index (χ1) is 21.0. The van der Waals surface area contributed by atoms with E-state index in [9.17, 15) is 14.7 Å². The summed E-state index contributed by atoms with van der Waals surface area (Å²) in [6.07, 6.45) is 3.73. The van der Waals surface area contributed by atoms with Crippen LogP contribution < -0.4 is 5.32 Å². The highest BCUT2D eigenvalue weighted by molar-refractivity contribution is 6.04. The van der Waals surface area contributed by atoms with E-state index in [1.165, 1.54) is 19.4 Å². The van der Waals surface area contributed by atoms with E-state index in [1.807, 2.05) is 39.9 Å². The molecule has 0 amide bonds. The highest BCUT2D eigenvalue weighted by Gasteiger charge is 2.51. The van der Waals surface area contributed by atoms with Gasteiger partial charge in [-0.1, -0.05) is 13.8 Å². The van der Waals surface area contributed by atoms with E-state index in [0.717, 1.165) is 31.7 Å². The van der Waals surface area contributed by atoms with Crippen LogP contribution in [0.4, 0.5) is 0 Å². The molecule has 4 aliphatic rings. The zero-order chi connectivity index (χ0) is 33.4. The number of ketones is 1. The van der Waals surface area contributed by atoms with Crippen molar-refractivity contribution in [2.75, 3.05) is 54.9 Å². The Kier molecular flexibility index (Phi) is 11.9. The number of aliphatic hydroxyl groups is 1. The van der Waals surface area contributed by atoms with Crippen molar-refractivity contribution >= 4 is 11.8 Å². The van der Waals surface area contributed by atoms with E-state index in [-0.39, 0.29) is 36.5 Å². The Morgan fingerprint density at radius 3 is 2.29 bits per heavy atom. The van der Waals surface area contributed by atoms with E-state index in [0.29, 0.717) is 18.4 Å². The number of Topliss-reactive ketones (excluding diaryl/α,β-unsaturated/α-hetero) is 1. The van der Waals surface area contributed by atoms with Crippen molar-refractivity contribution in [2.45, 2.75) is 128 Å². The molecule has 260 valence electrons. The van der Waals surface area contributed by atoms with Crippen molar-refractivity contribution in [2.24, 2.45) is 29.1 Å². The van der Waals surface area contributed by atoms with Crippen molar-refractivity contribution in [1.82, 2.24) is 20.0 Å². The number of nitrogens with zero attached hydrogens (tertiary/aromatic N) is 3. The van der Waals surface area contributed by atoms with Crippen LogP contribution in [0.2, 0.25) is 0 Å². The second kappa shape index (κ2) is 14.5. The van der Waals surface area contributed by atoms with Crippen molar-refractivity contribution in [3.8, 4) is 0 Å². The van der Waals surface area contributed by atoms with Crippen molar-refractivity contribution < 1.29 is 28.9 Å². The molecule has 4 fully saturated rings. The monoisotopic (exact) mass is 636 g/mol. The molecule has 0 unspecified atom stereocenters. The molecule has 4 rings (SSSR count). The van der Waals surface area contributed by atoms with Crippen LogP contribution in [0.15, 0.2) is 0 Å². The van der Waals surface area contributed by atoms with Gasteiger partial charge in [-0.2, -0.15) is 0 Å². The summed E-state index contributed by atoms with van der Waals surface area (Å²) in [5, 5.41) is 14.9. The molecule has 10 nitrogen and oxygen atoms in total. The number of carbonyl (C=O) groups excluding carboxylic acids is 2. The van der Waals surface area contributed by atoms with Gasteiger partial charge in [-0.15, -0.1) is 0 Å². The first kappa shape index (κ1) is 36.7. The minimum Gasteiger partial charge on any atom is -0.463 e. The van der Waals surface area contributed by atoms with Gasteiger partial charge in [-0.3, -0.25) is 14.5 Å². The Hall–Kier alpha value is -1.14. The molecule has 2 heterocycles. The Morgan fingerprint density at radius 2 is 1.71 bits per heavy atom. The number of nitrogens with one attached hydrogen (secondary N) is 1. The smallest absolute Gasteiger partial charge is 0.319 e. The summed E-state index contributed by atoms with van der Waals surface area (Å²) in [7, 11) is 10.2. The molecule has 2 saturated heterocycles. The van der Waals surface area contributed by atoms with Crippen molar-refractivity contribution in [3.05, 3.63) is 0 Å². The Morgan fingerprint density at radius 1 is 1.07 bits per heavy atom. The molecule has 0 aromatic carbocycles. The molecular formula is C35H64N4O6. The van der Waals surface area contributed by atoms with Crippen LogP contribution >= 0.6 is 0 Å². The highest BCUT2D eigenvalue weighted by atomic mass is 16.7. The fourth-order valence-electron chi connectivity index (χ4n) is 8.33. The number of esters is 1. The number of rotatable bonds is 8. The molecular weight excluding hydrogens is 572 g/mol. The zero-order valence-electron chi connectivity index (χ0n) is 30.0. The normalized spacial score (nSPS) is 42.4. The number of aliphatic hydroxyl groups excluding tert-OH is 1. The van der Waals surface area contributed by atoms with Crippen LogP contribution in [0.3, 0.4) is 0 Å². The maximum absolute atomic E-state index is 14.3. The topological polar surface area (TPSA) is 104 Å². The zero-order valence-corrected chi connectivity index (χ0v) is 30.0. The fraction of sp³-hybridized carbons (Fsp3) is 0.943. The molecule has 9 atom stereocenters. The standard InChI is InChI=1S/C35H64N4O6/c1-21-17-35(6,36-7)31(45-32-29(40)27(37(8)9)14-22(2)44-32)23(3)30(41)34(4,5)33(42)43-20-28(39(11)18-21)25-15-26(16-25)38(10)19-24-12-13-24/h21-29,31-32,36,40H,12-20H2,1-11H3/t21-,22-,23+,25?,26?,27+,28+,29-,31-,32+,35-/m1/s1. The van der Waals surface area contributed by atoms with Gasteiger partial charge < -0.3 is 34.4 Å². The van der Waals surface area contributed by atoms with Crippen molar-refractivity contribution in [1.29, 1.82) is 0 Å². The lowest BCUT2D eigenvalue weighted by Gasteiger charge is -2.48. The summed E-state index contributed by atoms with van der Waals surface area (Å²) < 4.78 is 18.9. The molecule has 0 bridgehead atoms. The number of hydrogen-bond donors (Lipinski definition) is 2. The van der Waals surface area contributed by atoms with Gasteiger partial charge in [0.25, 0.3) is 0 Å². The molecule has 45 heavy (non-hydrogen) atoms. The minimum absolute atomic E-state index is 0.0918. The van der Waals surface area contributed by atoms with Gasteiger partial charge in [-0.25, -0.2) is 0 Å². The van der Waals surface area contributed by atoms with Crippen LogP contribution in [-0.2, 0) is 23.8 Å². The maximum atomic E-state index is 14.3. The summed E-state index contributed by atoms with van der Waals surface area (Å²) >= 11 is 0. The summed E-state index contributed by atoms with van der Waals surface area (Å²) in [4.78, 5) is 34.8. The average Bonchev–Trinajstić information content (AvgIpc) is 3.75. The third-order valence-electron chi connectivity index (χ3n) is 11.6. The average molecular weight is 637 g/mol. The van der Waals surface area contributed by atoms with E-state index in [2.05, 4.69) is 43.1 Å². The van der Waals surface area contributed by atoms with Gasteiger partial charge in [0, 0.05) is 42.7 Å². The first-order valence-corrected chi connectivity index (χ1v) is 17.4. The molecule has 0 radical (unpaired) electrons. The Balaban J connectivity index is 1.59. The molecule has 2 N–H and O–H groups in total. The molecule has 0 aromatic heterocycles. The largest absolute Gasteiger partial charge is 0.463 e. The van der Waals surface area contributed by atoms with Crippen LogP contribution in [-0.4, -0.2) is 135 Å². The molecule has 10 heteroatoms. The lowest BCUT2D eigenvalue weighted by atomic mass is 9.73. The third-order valence-corrected chi connectivity index (χ3v) is 11.6. The molecule has 0 aromatic rings. The molecule has 2 saturated carbocycles. The number of carbonyl (C=O) groups is 2. The third kappa shape index (κ3) is 8.30. The van der Waals surface area contributed by atoms with Gasteiger partial charge in [0.05, 0.1) is 12.2 Å². The predicted octanol–water partition coefficient (Wildman–Crippen LogP) is 3.01. The summed E-state index contributed by atoms with van der Waals surface area (Å²) in [6.45, 7) is 13.8. The van der Waals surface area contributed by atoms with Gasteiger partial charge in [0.1, 0.15) is 18.1 Å². The lowest BCUT2D eigenvalue weighted by molar-refractivity contribution is -0.281. The van der Waals surface area contributed by atoms with E-state index in [1.54, 1.807) is 13.8 Å². The molecule has 2 aliphatic heterocycles. The SMILES string of the molecule is CN[C@]1(C)C[C@@H](C)CN(C)[C@H](C2CC(N(C)CC3CC3)C2)COC(=O)C(C)(C)C(=O)[C@H](C)[C@H]1O[C@@H]1O[C@H](C)C[C@H](N(C)C)[C@H]1O. The Bertz CT molecular complexity index is 1020. The second-order valence-corrected chi connectivity index (χ2v) is 16.3. The fourth-order valence-corrected chi connectivity index (χ4v) is 8.33. The summed E-state index contributed by atoms with van der Waals surface area (Å²) in [5.74, 6) is 0.146. The first-order valence-electron chi connectivity index (χ1n) is 17.4. The van der Waals surface area contributed by atoms with E-state index in [4.69, 9.17) is 14.2 Å². The number of hydrogen-bond acceptors (Lipinski definition) is 10. The van der Waals surface area contributed by atoms with Gasteiger partial charge in [-0.05, 0) is 119 Å². The predicted molar refractivity (Wildman–Crippen MR) is 176 cm³/mol. The quantitative estimate of drug-likeness (QED) is 0.305. The number of likely N-dealkylation sites (N-methyl/N-ethyl adjacent to an activating group) is 3. The van der Waals surface area contributed by atoms with Crippen molar-refractivity contribution in [3.63, 3.8) is 0 Å². The second-order valence-electron chi connectivity index (χ2n) is 16.3. The number of ether oxygens (including phenoxy) is 3. The van der Waals surface area contributed by atoms with Crippen LogP contribution in [0, 0.1) is 29.1 Å².